The highest BCUT2D eigenvalue weighted by Gasteiger charge is 2.34. The molecule has 0 spiro atoms. The lowest BCUT2D eigenvalue weighted by molar-refractivity contribution is -0.133. The summed E-state index contributed by atoms with van der Waals surface area (Å²) < 4.78 is 5.22. The maximum absolute atomic E-state index is 12.7. The molecule has 2 N–H and O–H groups in total. The van der Waals surface area contributed by atoms with E-state index in [0.29, 0.717) is 12.5 Å². The third-order valence-electron chi connectivity index (χ3n) is 4.24. The molecule has 1 aromatic rings. The zero-order valence-electron chi connectivity index (χ0n) is 12.5. The zero-order valence-corrected chi connectivity index (χ0v) is 12.5. The Balaban J connectivity index is 2.12. The summed E-state index contributed by atoms with van der Waals surface area (Å²) in [6.45, 7) is 5.50. The van der Waals surface area contributed by atoms with Crippen molar-refractivity contribution in [2.24, 2.45) is 11.7 Å². The predicted octanol–water partition coefficient (Wildman–Crippen LogP) is 1.99. The first kappa shape index (κ1) is 14.9. The highest BCUT2D eigenvalue weighted by molar-refractivity contribution is 5.84. The number of carbonyl (C=O) groups excluding carboxylic acids is 1. The largest absolute Gasteiger partial charge is 0.497 e. The number of nitrogens with zero attached hydrogens (tertiary/aromatic N) is 1. The third kappa shape index (κ3) is 2.96. The molecule has 3 atom stereocenters. The molecule has 3 unspecified atom stereocenters. The lowest BCUT2D eigenvalue weighted by atomic mass is 9.99. The Morgan fingerprint density at radius 3 is 2.90 bits per heavy atom. The van der Waals surface area contributed by atoms with Crippen LogP contribution in [0.1, 0.15) is 31.7 Å². The van der Waals surface area contributed by atoms with Crippen molar-refractivity contribution < 1.29 is 9.53 Å². The molecular formula is C16H24N2O2. The minimum absolute atomic E-state index is 0.149. The van der Waals surface area contributed by atoms with Gasteiger partial charge in [0.1, 0.15) is 5.75 Å². The number of methoxy groups -OCH3 is 1. The van der Waals surface area contributed by atoms with Gasteiger partial charge in [0.2, 0.25) is 5.91 Å². The molecule has 0 aromatic heterocycles. The Morgan fingerprint density at radius 1 is 1.55 bits per heavy atom. The highest BCUT2D eigenvalue weighted by Crippen LogP contribution is 2.28. The van der Waals surface area contributed by atoms with Crippen LogP contribution in [-0.4, -0.2) is 37.0 Å². The molecule has 4 heteroatoms. The number of hydrogen-bond donors (Lipinski definition) is 1. The van der Waals surface area contributed by atoms with Crippen LogP contribution in [0.4, 0.5) is 0 Å². The molecule has 1 aromatic carbocycles. The summed E-state index contributed by atoms with van der Waals surface area (Å²) in [7, 11) is 1.64. The van der Waals surface area contributed by atoms with Gasteiger partial charge in [0.15, 0.2) is 0 Å². The van der Waals surface area contributed by atoms with E-state index in [9.17, 15) is 4.79 Å². The molecule has 2 rings (SSSR count). The van der Waals surface area contributed by atoms with E-state index < -0.39 is 0 Å². The van der Waals surface area contributed by atoms with E-state index in [4.69, 9.17) is 10.5 Å². The van der Waals surface area contributed by atoms with Crippen LogP contribution in [0.15, 0.2) is 24.3 Å². The summed E-state index contributed by atoms with van der Waals surface area (Å²) in [5, 5.41) is 0. The second kappa shape index (κ2) is 6.27. The van der Waals surface area contributed by atoms with Crippen LogP contribution in [0.2, 0.25) is 0 Å². The van der Waals surface area contributed by atoms with E-state index in [1.807, 2.05) is 36.1 Å². The van der Waals surface area contributed by atoms with Gasteiger partial charge in [0, 0.05) is 12.6 Å². The van der Waals surface area contributed by atoms with Crippen molar-refractivity contribution in [1.82, 2.24) is 4.90 Å². The van der Waals surface area contributed by atoms with Crippen LogP contribution in [-0.2, 0) is 4.79 Å². The van der Waals surface area contributed by atoms with Gasteiger partial charge in [-0.3, -0.25) is 4.79 Å². The van der Waals surface area contributed by atoms with E-state index in [-0.39, 0.29) is 17.9 Å². The van der Waals surface area contributed by atoms with Crippen LogP contribution in [0.25, 0.3) is 0 Å². The second-order valence-corrected chi connectivity index (χ2v) is 5.68. The van der Waals surface area contributed by atoms with Crippen LogP contribution >= 0.6 is 0 Å². The second-order valence-electron chi connectivity index (χ2n) is 5.68. The fourth-order valence-electron chi connectivity index (χ4n) is 2.92. The van der Waals surface area contributed by atoms with E-state index in [1.165, 1.54) is 0 Å². The van der Waals surface area contributed by atoms with Gasteiger partial charge in [-0.1, -0.05) is 12.1 Å². The number of nitrogens with two attached hydrogens (primary N) is 1. The van der Waals surface area contributed by atoms with Gasteiger partial charge in [-0.15, -0.1) is 0 Å². The van der Waals surface area contributed by atoms with Crippen LogP contribution in [0.5, 0.6) is 5.75 Å². The first-order chi connectivity index (χ1) is 9.56. The van der Waals surface area contributed by atoms with Gasteiger partial charge < -0.3 is 15.4 Å². The average Bonchev–Trinajstić information content (AvgIpc) is 2.87. The Morgan fingerprint density at radius 2 is 2.30 bits per heavy atom. The number of hydrogen-bond acceptors (Lipinski definition) is 3. The smallest absolute Gasteiger partial charge is 0.230 e. The van der Waals surface area contributed by atoms with E-state index in [2.05, 4.69) is 6.92 Å². The molecule has 1 fully saturated rings. The number of benzene rings is 1. The Kier molecular flexibility index (Phi) is 4.65. The molecular weight excluding hydrogens is 252 g/mol. The number of amides is 1. The van der Waals surface area contributed by atoms with Gasteiger partial charge in [0.25, 0.3) is 0 Å². The maximum Gasteiger partial charge on any atom is 0.230 e. The minimum Gasteiger partial charge on any atom is -0.497 e. The van der Waals surface area contributed by atoms with Crippen molar-refractivity contribution in [1.29, 1.82) is 0 Å². The molecule has 110 valence electrons. The molecule has 4 nitrogen and oxygen atoms in total. The first-order valence-corrected chi connectivity index (χ1v) is 7.21. The lowest BCUT2D eigenvalue weighted by Gasteiger charge is -2.25. The van der Waals surface area contributed by atoms with E-state index in [0.717, 1.165) is 24.3 Å². The molecule has 1 aliphatic heterocycles. The number of ether oxygens (including phenoxy) is 1. The molecule has 1 amide bonds. The standard InChI is InChI=1S/C16H24N2O2/c1-11-7-13(9-17)10-18(11)16(19)12(2)14-5-4-6-15(8-14)20-3/h4-6,8,11-13H,7,9-10,17H2,1-3H3. The Labute approximate surface area is 120 Å². The fourth-order valence-corrected chi connectivity index (χ4v) is 2.92. The normalized spacial score (nSPS) is 23.7. The minimum atomic E-state index is -0.149. The van der Waals surface area contributed by atoms with Gasteiger partial charge in [-0.2, -0.15) is 0 Å². The van der Waals surface area contributed by atoms with Crippen LogP contribution in [0.3, 0.4) is 0 Å². The van der Waals surface area contributed by atoms with Crippen molar-refractivity contribution in [3.63, 3.8) is 0 Å². The number of carbonyl (C=O) groups is 1. The monoisotopic (exact) mass is 276 g/mol. The third-order valence-corrected chi connectivity index (χ3v) is 4.24. The van der Waals surface area contributed by atoms with Crippen molar-refractivity contribution >= 4 is 5.91 Å². The summed E-state index contributed by atoms with van der Waals surface area (Å²) in [6, 6.07) is 8.01. The summed E-state index contributed by atoms with van der Waals surface area (Å²) >= 11 is 0. The predicted molar refractivity (Wildman–Crippen MR) is 79.7 cm³/mol. The molecule has 0 saturated carbocycles. The lowest BCUT2D eigenvalue weighted by Crippen LogP contribution is -2.37. The molecule has 0 aliphatic carbocycles. The van der Waals surface area contributed by atoms with Crippen LogP contribution in [0, 0.1) is 5.92 Å². The van der Waals surface area contributed by atoms with Gasteiger partial charge >= 0.3 is 0 Å². The summed E-state index contributed by atoms with van der Waals surface area (Å²) in [5.74, 6) is 1.26. The van der Waals surface area contributed by atoms with Crippen molar-refractivity contribution in [3.05, 3.63) is 29.8 Å². The average molecular weight is 276 g/mol. The van der Waals surface area contributed by atoms with Crippen molar-refractivity contribution in [2.75, 3.05) is 20.2 Å². The zero-order chi connectivity index (χ0) is 14.7. The Hall–Kier alpha value is -1.55. The van der Waals surface area contributed by atoms with Crippen LogP contribution < -0.4 is 10.5 Å². The Bertz CT molecular complexity index is 475. The SMILES string of the molecule is COc1cccc(C(C)C(=O)N2CC(CN)CC2C)c1. The number of rotatable bonds is 4. The molecule has 1 heterocycles. The fraction of sp³-hybridized carbons (Fsp3) is 0.562. The topological polar surface area (TPSA) is 55.6 Å². The highest BCUT2D eigenvalue weighted by atomic mass is 16.5. The summed E-state index contributed by atoms with van der Waals surface area (Å²) in [4.78, 5) is 14.6. The molecule has 1 aliphatic rings. The van der Waals surface area contributed by atoms with Gasteiger partial charge in [-0.25, -0.2) is 0 Å². The first-order valence-electron chi connectivity index (χ1n) is 7.21. The van der Waals surface area contributed by atoms with Gasteiger partial charge in [0.05, 0.1) is 13.0 Å². The number of likely N-dealkylation sites (tertiary alicyclic amines) is 1. The van der Waals surface area contributed by atoms with Crippen molar-refractivity contribution in [3.8, 4) is 5.75 Å². The summed E-state index contributed by atoms with van der Waals surface area (Å²) in [5.41, 5.74) is 6.73. The van der Waals surface area contributed by atoms with E-state index in [1.54, 1.807) is 7.11 Å². The molecule has 0 bridgehead atoms. The molecule has 20 heavy (non-hydrogen) atoms. The molecule has 1 saturated heterocycles. The summed E-state index contributed by atoms with van der Waals surface area (Å²) in [6.07, 6.45) is 1.01. The van der Waals surface area contributed by atoms with Crippen molar-refractivity contribution in [2.45, 2.75) is 32.2 Å². The maximum atomic E-state index is 12.7. The van der Waals surface area contributed by atoms with Gasteiger partial charge in [-0.05, 0) is 50.4 Å². The quantitative estimate of drug-likeness (QED) is 0.915. The molecule has 0 radical (unpaired) electrons. The van der Waals surface area contributed by atoms with E-state index >= 15 is 0 Å².